The minimum atomic E-state index is -0.0605. The first-order valence-corrected chi connectivity index (χ1v) is 5.45. The van der Waals surface area contributed by atoms with Crippen molar-refractivity contribution in [3.05, 3.63) is 23.0 Å². The van der Waals surface area contributed by atoms with Crippen LogP contribution in [0.4, 0.5) is 0 Å². The molecule has 1 N–H and O–H groups in total. The Balaban J connectivity index is 1.92. The minimum absolute atomic E-state index is 0.0605. The summed E-state index contributed by atoms with van der Waals surface area (Å²) in [4.78, 5) is 0. The van der Waals surface area contributed by atoms with Crippen LogP contribution in [0.3, 0.4) is 0 Å². The lowest BCUT2D eigenvalue weighted by Crippen LogP contribution is -2.40. The summed E-state index contributed by atoms with van der Waals surface area (Å²) in [5.41, 5.74) is 0. The molecule has 2 nitrogen and oxygen atoms in total. The molecule has 0 amide bonds. The molecule has 0 aromatic rings. The van der Waals surface area contributed by atoms with Crippen molar-refractivity contribution in [3.63, 3.8) is 0 Å². The molecule has 1 fully saturated rings. The highest BCUT2D eigenvalue weighted by Crippen LogP contribution is 2.37. The molecule has 3 heteroatoms. The molecule has 0 spiro atoms. The van der Waals surface area contributed by atoms with E-state index in [9.17, 15) is 0 Å². The molecular weight excluding hydrogens is 158 g/mol. The zero-order chi connectivity index (χ0) is 7.52. The number of rotatable bonds is 1. The van der Waals surface area contributed by atoms with Crippen LogP contribution in [-0.4, -0.2) is 25.1 Å². The van der Waals surface area contributed by atoms with E-state index in [1.165, 1.54) is 0 Å². The first kappa shape index (κ1) is 7.40. The molecule has 0 aromatic carbocycles. The van der Waals surface area contributed by atoms with Gasteiger partial charge in [-0.15, -0.1) is 0 Å². The summed E-state index contributed by atoms with van der Waals surface area (Å²) in [5.74, 6) is 0. The second-order valence-corrected chi connectivity index (χ2v) is 4.79. The van der Waals surface area contributed by atoms with Crippen molar-refractivity contribution in [2.45, 2.75) is 5.37 Å². The third kappa shape index (κ3) is 1.67. The fourth-order valence-electron chi connectivity index (χ4n) is 1.30. The Hall–Kier alpha value is -0.250. The van der Waals surface area contributed by atoms with E-state index >= 15 is 0 Å². The Morgan fingerprint density at radius 2 is 2.18 bits per heavy atom. The standard InChI is InChI=1S/C8H13NOS/c1-2-6-11(5-1)8-7-10-4-3-9-8/h1-2,5-6,8-9,11H,3-4,7H2. The second kappa shape index (κ2) is 3.43. The summed E-state index contributed by atoms with van der Waals surface area (Å²) in [7, 11) is -0.0605. The van der Waals surface area contributed by atoms with Gasteiger partial charge in [-0.2, -0.15) is 10.9 Å². The number of nitrogens with one attached hydrogen (secondary N) is 1. The number of thiol groups is 1. The van der Waals surface area contributed by atoms with Gasteiger partial charge in [0.2, 0.25) is 0 Å². The van der Waals surface area contributed by atoms with E-state index in [0.717, 1.165) is 19.8 Å². The number of morpholine rings is 1. The van der Waals surface area contributed by atoms with Gasteiger partial charge in [0.15, 0.2) is 0 Å². The zero-order valence-electron chi connectivity index (χ0n) is 6.36. The third-order valence-electron chi connectivity index (χ3n) is 1.89. The maximum atomic E-state index is 5.38. The van der Waals surface area contributed by atoms with E-state index < -0.39 is 0 Å². The highest BCUT2D eigenvalue weighted by molar-refractivity contribution is 8.22. The van der Waals surface area contributed by atoms with Crippen LogP contribution in [-0.2, 0) is 4.74 Å². The van der Waals surface area contributed by atoms with Crippen LogP contribution in [0.5, 0.6) is 0 Å². The van der Waals surface area contributed by atoms with Gasteiger partial charge in [0.05, 0.1) is 18.6 Å². The third-order valence-corrected chi connectivity index (χ3v) is 3.97. The summed E-state index contributed by atoms with van der Waals surface area (Å²) in [6.45, 7) is 2.75. The first-order valence-electron chi connectivity index (χ1n) is 3.90. The van der Waals surface area contributed by atoms with E-state index in [2.05, 4.69) is 28.3 Å². The summed E-state index contributed by atoms with van der Waals surface area (Å²) < 4.78 is 5.38. The smallest absolute Gasteiger partial charge is 0.0703 e. The van der Waals surface area contributed by atoms with E-state index in [4.69, 9.17) is 4.74 Å². The van der Waals surface area contributed by atoms with Crippen LogP contribution in [0.15, 0.2) is 23.0 Å². The average Bonchev–Trinajstić information content (AvgIpc) is 2.58. The van der Waals surface area contributed by atoms with Crippen LogP contribution in [0.25, 0.3) is 0 Å². The lowest BCUT2D eigenvalue weighted by atomic mass is 10.5. The Bertz CT molecular complexity index is 173. The summed E-state index contributed by atoms with van der Waals surface area (Å²) >= 11 is 0. The molecule has 2 aliphatic heterocycles. The van der Waals surface area contributed by atoms with Crippen molar-refractivity contribution in [2.75, 3.05) is 19.8 Å². The molecular formula is C8H13NOS. The molecule has 0 aliphatic carbocycles. The van der Waals surface area contributed by atoms with E-state index in [-0.39, 0.29) is 10.9 Å². The highest BCUT2D eigenvalue weighted by Gasteiger charge is 2.17. The van der Waals surface area contributed by atoms with Crippen molar-refractivity contribution in [3.8, 4) is 0 Å². The van der Waals surface area contributed by atoms with Gasteiger partial charge in [-0.05, 0) is 10.8 Å². The second-order valence-electron chi connectivity index (χ2n) is 2.68. The molecule has 2 aliphatic rings. The minimum Gasteiger partial charge on any atom is -0.378 e. The van der Waals surface area contributed by atoms with E-state index in [1.807, 2.05) is 0 Å². The largest absolute Gasteiger partial charge is 0.378 e. The molecule has 0 bridgehead atoms. The summed E-state index contributed by atoms with van der Waals surface area (Å²) in [6.07, 6.45) is 4.25. The van der Waals surface area contributed by atoms with Crippen molar-refractivity contribution < 1.29 is 4.74 Å². The van der Waals surface area contributed by atoms with Gasteiger partial charge >= 0.3 is 0 Å². The Morgan fingerprint density at radius 1 is 1.36 bits per heavy atom. The number of hydrogen-bond donors (Lipinski definition) is 2. The van der Waals surface area contributed by atoms with E-state index in [0.29, 0.717) is 5.37 Å². The maximum Gasteiger partial charge on any atom is 0.0703 e. The molecule has 1 unspecified atom stereocenters. The van der Waals surface area contributed by atoms with Crippen molar-refractivity contribution in [2.24, 2.45) is 0 Å². The van der Waals surface area contributed by atoms with Gasteiger partial charge in [0, 0.05) is 6.54 Å². The summed E-state index contributed by atoms with van der Waals surface area (Å²) in [5, 5.41) is 8.58. The lowest BCUT2D eigenvalue weighted by molar-refractivity contribution is 0.100. The fraction of sp³-hybridized carbons (Fsp3) is 0.500. The molecule has 0 aromatic heterocycles. The molecule has 11 heavy (non-hydrogen) atoms. The maximum absolute atomic E-state index is 5.38. The predicted octanol–water partition coefficient (Wildman–Crippen LogP) is 0.974. The molecule has 0 saturated carbocycles. The molecule has 2 heterocycles. The molecule has 1 atom stereocenters. The molecule has 0 radical (unpaired) electrons. The van der Waals surface area contributed by atoms with Crippen LogP contribution < -0.4 is 5.32 Å². The van der Waals surface area contributed by atoms with Crippen molar-refractivity contribution in [1.82, 2.24) is 5.32 Å². The van der Waals surface area contributed by atoms with Crippen LogP contribution in [0, 0.1) is 0 Å². The van der Waals surface area contributed by atoms with Gasteiger partial charge in [0.25, 0.3) is 0 Å². The Labute approximate surface area is 69.7 Å². The predicted molar refractivity (Wildman–Crippen MR) is 49.9 cm³/mol. The Morgan fingerprint density at radius 3 is 2.82 bits per heavy atom. The number of ether oxygens (including phenoxy) is 1. The molecule has 62 valence electrons. The van der Waals surface area contributed by atoms with Crippen molar-refractivity contribution >= 4 is 10.9 Å². The van der Waals surface area contributed by atoms with Crippen LogP contribution in [0.1, 0.15) is 0 Å². The first-order chi connectivity index (χ1) is 5.47. The van der Waals surface area contributed by atoms with Crippen LogP contribution in [0.2, 0.25) is 0 Å². The SMILES string of the molecule is C1=C[SH](C2COCCN2)C=C1. The van der Waals surface area contributed by atoms with Gasteiger partial charge in [-0.25, -0.2) is 0 Å². The van der Waals surface area contributed by atoms with Gasteiger partial charge in [-0.1, -0.05) is 12.2 Å². The van der Waals surface area contributed by atoms with E-state index in [1.54, 1.807) is 0 Å². The monoisotopic (exact) mass is 171 g/mol. The zero-order valence-corrected chi connectivity index (χ0v) is 7.26. The fourth-order valence-corrected chi connectivity index (χ4v) is 3.03. The van der Waals surface area contributed by atoms with Gasteiger partial charge in [-0.3, -0.25) is 0 Å². The highest BCUT2D eigenvalue weighted by atomic mass is 32.2. The number of allylic oxidation sites excluding steroid dienone is 2. The topological polar surface area (TPSA) is 21.3 Å². The van der Waals surface area contributed by atoms with Crippen molar-refractivity contribution in [1.29, 1.82) is 0 Å². The molecule has 2 rings (SSSR count). The normalized spacial score (nSPS) is 33.1. The Kier molecular flexibility index (Phi) is 2.31. The van der Waals surface area contributed by atoms with Gasteiger partial charge < -0.3 is 10.1 Å². The van der Waals surface area contributed by atoms with Crippen LogP contribution >= 0.6 is 10.9 Å². The number of hydrogen-bond acceptors (Lipinski definition) is 2. The van der Waals surface area contributed by atoms with Gasteiger partial charge in [0.1, 0.15) is 0 Å². The lowest BCUT2D eigenvalue weighted by Gasteiger charge is -2.29. The average molecular weight is 171 g/mol. The quantitative estimate of drug-likeness (QED) is 0.574. The summed E-state index contributed by atoms with van der Waals surface area (Å²) in [6, 6.07) is 0. The molecule has 1 saturated heterocycles.